The molecule has 2 aromatic carbocycles. The largest absolute Gasteiger partial charge is 0.461 e. The van der Waals surface area contributed by atoms with E-state index in [1.165, 1.54) is 73.6 Å². The molecule has 8 aliphatic carbocycles. The molecular formula is C48H64F4O4. The van der Waals surface area contributed by atoms with Gasteiger partial charge in [-0.15, -0.1) is 0 Å². The number of alkyl halides is 4. The zero-order chi connectivity index (χ0) is 40.4. The highest BCUT2D eigenvalue weighted by Gasteiger charge is 2.60. The molecule has 56 heavy (non-hydrogen) atoms. The van der Waals surface area contributed by atoms with Crippen molar-refractivity contribution in [3.05, 3.63) is 70.8 Å². The van der Waals surface area contributed by atoms with Crippen molar-refractivity contribution in [2.24, 2.45) is 34.5 Å². The molecule has 0 spiro atoms. The number of ether oxygens (including phenoxy) is 2. The van der Waals surface area contributed by atoms with E-state index in [-0.39, 0.29) is 40.3 Å². The van der Waals surface area contributed by atoms with E-state index in [0.717, 1.165) is 44.9 Å². The summed E-state index contributed by atoms with van der Waals surface area (Å²) >= 11 is 0. The van der Waals surface area contributed by atoms with Crippen molar-refractivity contribution in [1.82, 2.24) is 0 Å². The van der Waals surface area contributed by atoms with Gasteiger partial charge in [-0.2, -0.15) is 17.6 Å². The Balaban J connectivity index is 0.000000172. The van der Waals surface area contributed by atoms with Crippen molar-refractivity contribution in [3.8, 4) is 0 Å². The predicted octanol–water partition coefficient (Wildman–Crippen LogP) is 12.1. The molecule has 8 fully saturated rings. The average Bonchev–Trinajstić information content (AvgIpc) is 3.10. The molecule has 0 heterocycles. The number of unbranched alkanes of at least 4 members (excludes halogenated alkanes) is 1. The molecule has 2 aromatic rings. The van der Waals surface area contributed by atoms with Crippen LogP contribution in [0.15, 0.2) is 48.5 Å². The lowest BCUT2D eigenvalue weighted by atomic mass is 9.43. The summed E-state index contributed by atoms with van der Waals surface area (Å²) in [5, 5.41) is 0. The normalized spacial score (nSPS) is 34.2. The van der Waals surface area contributed by atoms with E-state index in [1.807, 2.05) is 0 Å². The van der Waals surface area contributed by atoms with Crippen LogP contribution >= 0.6 is 0 Å². The summed E-state index contributed by atoms with van der Waals surface area (Å²) in [6.07, 6.45) is 16.7. The van der Waals surface area contributed by atoms with Crippen molar-refractivity contribution in [2.45, 2.75) is 166 Å². The molecule has 0 aliphatic heterocycles. The summed E-state index contributed by atoms with van der Waals surface area (Å²) in [7, 11) is 0. The molecule has 308 valence electrons. The number of carbonyl (C=O) groups is 2. The first-order valence-electron chi connectivity index (χ1n) is 21.5. The predicted molar refractivity (Wildman–Crippen MR) is 211 cm³/mol. The number of carbonyl (C=O) groups excluding carboxylic acids is 2. The lowest BCUT2D eigenvalue weighted by Gasteiger charge is -2.62. The topological polar surface area (TPSA) is 52.6 Å². The maximum Gasteiger partial charge on any atom is 0.376 e. The lowest BCUT2D eigenvalue weighted by Crippen LogP contribution is -2.55. The van der Waals surface area contributed by atoms with E-state index in [9.17, 15) is 27.2 Å². The van der Waals surface area contributed by atoms with Crippen LogP contribution in [0.1, 0.15) is 154 Å². The summed E-state index contributed by atoms with van der Waals surface area (Å²) in [5.74, 6) is -7.10. The molecule has 8 saturated carbocycles. The molecule has 0 N–H and O–H groups in total. The Kier molecular flexibility index (Phi) is 10.9. The molecule has 4 nitrogen and oxygen atoms in total. The van der Waals surface area contributed by atoms with Gasteiger partial charge in [0.25, 0.3) is 0 Å². The van der Waals surface area contributed by atoms with E-state index in [4.69, 9.17) is 9.47 Å². The highest BCUT2D eigenvalue weighted by Crippen LogP contribution is 2.67. The van der Waals surface area contributed by atoms with Crippen LogP contribution in [0.2, 0.25) is 0 Å². The van der Waals surface area contributed by atoms with Gasteiger partial charge in [-0.05, 0) is 152 Å². The van der Waals surface area contributed by atoms with Crippen LogP contribution in [-0.4, -0.2) is 37.0 Å². The molecule has 0 saturated heterocycles. The Morgan fingerprint density at radius 2 is 0.982 bits per heavy atom. The first kappa shape index (κ1) is 41.3. The zero-order valence-electron chi connectivity index (χ0n) is 34.6. The summed E-state index contributed by atoms with van der Waals surface area (Å²) in [6, 6.07) is 18.2. The van der Waals surface area contributed by atoms with Crippen molar-refractivity contribution < 1.29 is 36.6 Å². The smallest absolute Gasteiger partial charge is 0.376 e. The number of benzene rings is 2. The van der Waals surface area contributed by atoms with Crippen LogP contribution in [0, 0.1) is 34.5 Å². The molecule has 4 unspecified atom stereocenters. The maximum atomic E-state index is 13.3. The third-order valence-corrected chi connectivity index (χ3v) is 14.8. The Bertz CT molecular complexity index is 1700. The second-order valence-electron chi connectivity index (χ2n) is 21.0. The molecule has 0 radical (unpaired) electrons. The van der Waals surface area contributed by atoms with Gasteiger partial charge in [0, 0.05) is 24.7 Å². The van der Waals surface area contributed by atoms with Crippen LogP contribution in [-0.2, 0) is 41.7 Å². The number of hydrogen-bond acceptors (Lipinski definition) is 4. The Morgan fingerprint density at radius 3 is 1.32 bits per heavy atom. The van der Waals surface area contributed by atoms with Crippen molar-refractivity contribution in [1.29, 1.82) is 0 Å². The fourth-order valence-electron chi connectivity index (χ4n) is 13.3. The van der Waals surface area contributed by atoms with E-state index in [2.05, 4.69) is 76.2 Å². The zero-order valence-corrected chi connectivity index (χ0v) is 34.6. The van der Waals surface area contributed by atoms with Gasteiger partial charge >= 0.3 is 23.8 Å². The van der Waals surface area contributed by atoms with E-state index in [0.29, 0.717) is 37.5 Å². The van der Waals surface area contributed by atoms with Crippen molar-refractivity contribution in [2.75, 3.05) is 13.2 Å². The first-order chi connectivity index (χ1) is 26.1. The molecular weight excluding hydrogens is 717 g/mol. The summed E-state index contributed by atoms with van der Waals surface area (Å²) in [5.41, 5.74) is 5.62. The number of rotatable bonds is 11. The fraction of sp³-hybridized carbons (Fsp3) is 0.708. The van der Waals surface area contributed by atoms with Gasteiger partial charge in [-0.25, -0.2) is 9.59 Å². The fourth-order valence-corrected chi connectivity index (χ4v) is 13.3. The van der Waals surface area contributed by atoms with Gasteiger partial charge in [0.1, 0.15) is 0 Å². The minimum Gasteiger partial charge on any atom is -0.461 e. The molecule has 4 atom stereocenters. The lowest BCUT2D eigenvalue weighted by molar-refractivity contribution is -0.180. The first-order valence-corrected chi connectivity index (χ1v) is 21.5. The van der Waals surface area contributed by atoms with Gasteiger partial charge in [0.2, 0.25) is 0 Å². The third-order valence-electron chi connectivity index (χ3n) is 14.8. The Hall–Kier alpha value is -2.90. The van der Waals surface area contributed by atoms with Crippen molar-refractivity contribution in [3.63, 3.8) is 0 Å². The van der Waals surface area contributed by atoms with Crippen LogP contribution in [0.25, 0.3) is 0 Å². The van der Waals surface area contributed by atoms with Gasteiger partial charge in [-0.3, -0.25) is 0 Å². The number of hydrogen-bond donors (Lipinski definition) is 0. The van der Waals surface area contributed by atoms with Crippen LogP contribution in [0.4, 0.5) is 17.6 Å². The summed E-state index contributed by atoms with van der Waals surface area (Å²) in [4.78, 5) is 23.3. The number of aryl methyl sites for hydroxylation is 1. The Labute approximate surface area is 332 Å². The number of halogens is 4. The second kappa shape index (κ2) is 14.7. The molecule has 0 amide bonds. The summed E-state index contributed by atoms with van der Waals surface area (Å²) < 4.78 is 63.4. The quantitative estimate of drug-likeness (QED) is 0.168. The maximum absolute atomic E-state index is 13.3. The molecule has 0 aromatic heterocycles. The molecule has 10 rings (SSSR count). The highest BCUT2D eigenvalue weighted by atomic mass is 19.3. The average molecular weight is 781 g/mol. The monoisotopic (exact) mass is 780 g/mol. The third kappa shape index (κ3) is 8.46. The SMILES string of the molecule is CC(F)(F)C(=O)OCC12CC3CC(C1)CC(c1ccc(C(C)(C)C)cc1)(C3)C2.CCCCc1ccc(C23CC4CC(CC(COC(=O)C(C)(F)F)(C4)C2)C3)cc1. The van der Waals surface area contributed by atoms with Crippen LogP contribution in [0.5, 0.6) is 0 Å². The van der Waals surface area contributed by atoms with Crippen molar-refractivity contribution >= 4 is 11.9 Å². The molecule has 8 bridgehead atoms. The van der Waals surface area contributed by atoms with Crippen LogP contribution in [0.3, 0.4) is 0 Å². The van der Waals surface area contributed by atoms with E-state index < -0.39 is 23.8 Å². The summed E-state index contributed by atoms with van der Waals surface area (Å²) in [6.45, 7) is 10.4. The van der Waals surface area contributed by atoms with Gasteiger partial charge in [0.05, 0.1) is 13.2 Å². The molecule has 8 heteroatoms. The van der Waals surface area contributed by atoms with E-state index >= 15 is 0 Å². The number of esters is 2. The van der Waals surface area contributed by atoms with Gasteiger partial charge < -0.3 is 9.47 Å². The molecule has 8 aliphatic rings. The standard InChI is InChI=1S/2C24H32F2O2/c1-21(2,3)18-5-7-19(8-6-18)24-12-16-9-17(13-24)11-23(10-16,14-24)15-28-20(27)22(4,25)26;1-3-4-5-17-6-8-20(9-7-17)24-13-18-10-19(14-24)12-23(11-18,15-24)16-28-21(27)22(2,25)26/h5-8,16-17H,9-15H2,1-4H3;6-9,18-19H,3-5,10-16H2,1-2H3. The second-order valence-corrected chi connectivity index (χ2v) is 21.0. The highest BCUT2D eigenvalue weighted by molar-refractivity contribution is 5.77. The van der Waals surface area contributed by atoms with Gasteiger partial charge in [0.15, 0.2) is 0 Å². The minimum absolute atomic E-state index is 0.113. The Morgan fingerprint density at radius 1 is 0.607 bits per heavy atom. The minimum atomic E-state index is -3.41. The van der Waals surface area contributed by atoms with Crippen LogP contribution < -0.4 is 0 Å². The van der Waals surface area contributed by atoms with Gasteiger partial charge in [-0.1, -0.05) is 82.6 Å². The van der Waals surface area contributed by atoms with E-state index in [1.54, 1.807) is 0 Å².